The molecule has 1 aromatic rings. The molecule has 5 radical (unpaired) electrons. The topological polar surface area (TPSA) is 120 Å². The number of aromatic carboxylic acids is 1. The fourth-order valence-corrected chi connectivity index (χ4v) is 1.26. The molecular weight excluding hydrogens is 606 g/mol. The normalized spacial score (nSPS) is 10.1. The minimum Gasteiger partial charge on any atom is -0.550 e. The van der Waals surface area contributed by atoms with E-state index >= 15 is 0 Å². The molecule has 6 nitrogen and oxygen atoms in total. The number of carboxylic acids is 3. The number of halogens is 2. The first kappa shape index (κ1) is 29.0. The molecule has 1 aliphatic rings. The Labute approximate surface area is 179 Å². The first-order valence-corrected chi connectivity index (χ1v) is 7.29. The monoisotopic (exact) mass is 620 g/mol. The zero-order valence-electron chi connectivity index (χ0n) is 13.8. The second kappa shape index (κ2) is 18.0. The molecule has 0 aliphatic heterocycles. The summed E-state index contributed by atoms with van der Waals surface area (Å²) < 4.78 is 13.5. The molecule has 26 heavy (non-hydrogen) atoms. The van der Waals surface area contributed by atoms with Crippen LogP contribution in [0.4, 0.5) is 4.39 Å². The van der Waals surface area contributed by atoms with Gasteiger partial charge >= 0.3 is 0 Å². The molecule has 0 aromatic heterocycles. The third kappa shape index (κ3) is 22.2. The molecule has 0 unspecified atom stereocenters. The van der Waals surface area contributed by atoms with Crippen molar-refractivity contribution in [2.45, 2.75) is 13.8 Å². The van der Waals surface area contributed by atoms with Gasteiger partial charge in [-0.25, -0.2) is 4.39 Å². The van der Waals surface area contributed by atoms with Crippen LogP contribution in [0.1, 0.15) is 24.2 Å². The Morgan fingerprint density at radius 2 is 1.46 bits per heavy atom. The molecule has 1 aromatic carbocycles. The Bertz CT molecular complexity index is 662. The number of aliphatic carboxylic acids is 2. The zero-order chi connectivity index (χ0) is 19.8. The Morgan fingerprint density at radius 3 is 1.69 bits per heavy atom. The second-order valence-corrected chi connectivity index (χ2v) is 4.88. The van der Waals surface area contributed by atoms with E-state index in [-0.39, 0.29) is 27.3 Å². The third-order valence-corrected chi connectivity index (χ3v) is 2.30. The summed E-state index contributed by atoms with van der Waals surface area (Å²) in [6.07, 6.45) is 7.62. The van der Waals surface area contributed by atoms with Gasteiger partial charge in [0.2, 0.25) is 0 Å². The van der Waals surface area contributed by atoms with Crippen molar-refractivity contribution < 1.29 is 34.1 Å². The summed E-state index contributed by atoms with van der Waals surface area (Å²) in [4.78, 5) is 27.8. The van der Waals surface area contributed by atoms with Crippen LogP contribution in [-0.4, -0.2) is 45.2 Å². The molecule has 9 heteroatoms. The van der Waals surface area contributed by atoms with E-state index in [2.05, 4.69) is 21.7 Å². The number of carbonyl (C=O) groups excluding carboxylic acids is 3. The van der Waals surface area contributed by atoms with E-state index in [0.29, 0.717) is 0 Å². The Balaban J connectivity index is -0.000000291. The molecule has 1 aliphatic carbocycles. The van der Waals surface area contributed by atoms with E-state index in [4.69, 9.17) is 19.8 Å². The Kier molecular flexibility index (Phi) is 20.1. The molecule has 139 valence electrons. The van der Waals surface area contributed by atoms with Gasteiger partial charge < -0.3 is 29.7 Å². The predicted octanol–water partition coefficient (Wildman–Crippen LogP) is -0.485. The van der Waals surface area contributed by atoms with Crippen LogP contribution < -0.4 is 15.3 Å². The maximum Gasteiger partial charge on any atom is 0.132 e. The predicted molar refractivity (Wildman–Crippen MR) is 91.8 cm³/mol. The second-order valence-electron chi connectivity index (χ2n) is 3.97. The number of hydrogen-bond acceptors (Lipinski definition) is 6. The van der Waals surface area contributed by atoms with Crippen LogP contribution in [-0.2, 0) is 9.59 Å². The Morgan fingerprint density at radius 1 is 1.00 bits per heavy atom. The van der Waals surface area contributed by atoms with Gasteiger partial charge in [0.25, 0.3) is 0 Å². The Hall–Kier alpha value is -1.78. The SMILES string of the molecule is BrC1=CC=C=C[CH]1.CC(=O)[O-].CC(=O)[O-].O=C([O-])c1ccccc1F.[Pb]. The molecule has 2 rings (SSSR count). The fourth-order valence-electron chi connectivity index (χ4n) is 0.993. The molecule has 0 amide bonds. The van der Waals surface area contributed by atoms with Gasteiger partial charge in [0.1, 0.15) is 5.82 Å². The van der Waals surface area contributed by atoms with E-state index in [0.717, 1.165) is 30.5 Å². The largest absolute Gasteiger partial charge is 0.550 e. The molecule has 0 heterocycles. The molecule has 0 saturated carbocycles. The standard InChI is InChI=1S/C7H5FO2.C6H4Br.2C2H4O2.Pb/c8-6-4-2-1-3-5(6)7(9)10;7-6-4-2-1-3-5-6;2*1-2(3)4;/h1-4H,(H,9,10);2-5H;2*1H3,(H,3,4);/p-3. The first-order valence-electron chi connectivity index (χ1n) is 6.50. The maximum absolute atomic E-state index is 12.4. The van der Waals surface area contributed by atoms with E-state index in [1.807, 2.05) is 24.6 Å². The van der Waals surface area contributed by atoms with Crippen LogP contribution in [0.2, 0.25) is 0 Å². The van der Waals surface area contributed by atoms with Gasteiger partial charge in [-0.2, -0.15) is 0 Å². The van der Waals surface area contributed by atoms with E-state index < -0.39 is 29.3 Å². The number of carbonyl (C=O) groups is 3. The van der Waals surface area contributed by atoms with Crippen molar-refractivity contribution in [3.8, 4) is 0 Å². The third-order valence-electron chi connectivity index (χ3n) is 1.77. The van der Waals surface area contributed by atoms with Crippen molar-refractivity contribution in [2.75, 3.05) is 0 Å². The van der Waals surface area contributed by atoms with Gasteiger partial charge in [-0.1, -0.05) is 34.1 Å². The van der Waals surface area contributed by atoms with Gasteiger partial charge in [-0.15, -0.1) is 5.73 Å². The molecular formula is C17H14BrFO6Pb-3. The van der Waals surface area contributed by atoms with E-state index in [1.165, 1.54) is 12.1 Å². The van der Waals surface area contributed by atoms with Crippen LogP contribution in [0.25, 0.3) is 0 Å². The van der Waals surface area contributed by atoms with Crippen LogP contribution in [0.5, 0.6) is 0 Å². The van der Waals surface area contributed by atoms with Crippen molar-refractivity contribution in [1.29, 1.82) is 0 Å². The average Bonchev–Trinajstić information content (AvgIpc) is 2.47. The minimum absolute atomic E-state index is 0. The number of benzene rings is 1. The van der Waals surface area contributed by atoms with Crippen molar-refractivity contribution in [3.05, 3.63) is 70.5 Å². The van der Waals surface area contributed by atoms with Gasteiger partial charge in [-0.3, -0.25) is 0 Å². The number of rotatable bonds is 1. The zero-order valence-corrected chi connectivity index (χ0v) is 19.3. The van der Waals surface area contributed by atoms with Crippen molar-refractivity contribution in [3.63, 3.8) is 0 Å². The number of carboxylic acid groups (broad SMARTS) is 3. The molecule has 0 N–H and O–H groups in total. The van der Waals surface area contributed by atoms with Crippen LogP contribution in [0.15, 0.2) is 52.7 Å². The summed E-state index contributed by atoms with van der Waals surface area (Å²) in [5.41, 5.74) is 2.50. The summed E-state index contributed by atoms with van der Waals surface area (Å²) in [5.74, 6) is -4.42. The van der Waals surface area contributed by atoms with Gasteiger partial charge in [0, 0.05) is 55.7 Å². The minimum atomic E-state index is -1.49. The number of allylic oxidation sites excluding steroid dienone is 3. The van der Waals surface area contributed by atoms with Crippen molar-refractivity contribution in [1.82, 2.24) is 0 Å². The molecule has 0 atom stereocenters. The maximum atomic E-state index is 12.4. The van der Waals surface area contributed by atoms with Crippen molar-refractivity contribution >= 4 is 61.1 Å². The molecule has 0 fully saturated rings. The average molecular weight is 620 g/mol. The van der Waals surface area contributed by atoms with Gasteiger partial charge in [0.05, 0.1) is 5.97 Å². The summed E-state index contributed by atoms with van der Waals surface area (Å²) in [5, 5.41) is 27.8. The van der Waals surface area contributed by atoms with Gasteiger partial charge in [0.15, 0.2) is 0 Å². The smallest absolute Gasteiger partial charge is 0.132 e. The van der Waals surface area contributed by atoms with Crippen LogP contribution >= 0.6 is 15.9 Å². The van der Waals surface area contributed by atoms with Crippen LogP contribution in [0.3, 0.4) is 0 Å². The summed E-state index contributed by atoms with van der Waals surface area (Å²) >= 11 is 3.29. The number of hydrogen-bond donors (Lipinski definition) is 0. The molecule has 0 bridgehead atoms. The quantitative estimate of drug-likeness (QED) is 0.309. The summed E-state index contributed by atoms with van der Waals surface area (Å²) in [6.45, 7) is 1.94. The molecule has 0 spiro atoms. The van der Waals surface area contributed by atoms with Crippen LogP contribution in [0, 0.1) is 12.2 Å². The van der Waals surface area contributed by atoms with Crippen molar-refractivity contribution in [2.24, 2.45) is 0 Å². The first-order chi connectivity index (χ1) is 11.6. The summed E-state index contributed by atoms with van der Waals surface area (Å²) in [7, 11) is 0. The fraction of sp³-hybridized carbons (Fsp3) is 0.118. The van der Waals surface area contributed by atoms with Gasteiger partial charge in [-0.05, 0) is 38.1 Å². The summed E-state index contributed by atoms with van der Waals surface area (Å²) in [6, 6.07) is 5.09. The van der Waals surface area contributed by atoms with E-state index in [9.17, 15) is 14.3 Å². The molecule has 0 saturated heterocycles. The van der Waals surface area contributed by atoms with E-state index in [1.54, 1.807) is 0 Å².